The van der Waals surface area contributed by atoms with Gasteiger partial charge in [-0.1, -0.05) is 48.5 Å². The summed E-state index contributed by atoms with van der Waals surface area (Å²) in [5.74, 6) is -0.589. The molecule has 0 aliphatic carbocycles. The van der Waals surface area contributed by atoms with Crippen molar-refractivity contribution in [3.05, 3.63) is 59.7 Å². The van der Waals surface area contributed by atoms with E-state index in [4.69, 9.17) is 9.11 Å². The van der Waals surface area contributed by atoms with Gasteiger partial charge in [-0.3, -0.25) is 9.11 Å². The van der Waals surface area contributed by atoms with Gasteiger partial charge in [-0.2, -0.15) is 16.8 Å². The molecule has 0 fully saturated rings. The molecule has 2 aromatic rings. The van der Waals surface area contributed by atoms with Crippen LogP contribution in [0.3, 0.4) is 0 Å². The molecule has 0 radical (unpaired) electrons. The van der Waals surface area contributed by atoms with Crippen LogP contribution in [0.2, 0.25) is 0 Å². The first-order valence-electron chi connectivity index (χ1n) is 8.22. The van der Waals surface area contributed by atoms with Gasteiger partial charge in [0.15, 0.2) is 0 Å². The molecule has 0 amide bonds. The molecule has 6 nitrogen and oxygen atoms in total. The normalized spacial score (nSPS) is 12.2. The summed E-state index contributed by atoms with van der Waals surface area (Å²) >= 11 is 0. The summed E-state index contributed by atoms with van der Waals surface area (Å²) in [6.45, 7) is 0. The summed E-state index contributed by atoms with van der Waals surface area (Å²) in [6.07, 6.45) is 1.60. The van der Waals surface area contributed by atoms with Crippen molar-refractivity contribution in [3.63, 3.8) is 0 Å². The lowest BCUT2D eigenvalue weighted by Crippen LogP contribution is -2.06. The van der Waals surface area contributed by atoms with Gasteiger partial charge in [0.1, 0.15) is 0 Å². The first-order valence-corrected chi connectivity index (χ1v) is 11.4. The summed E-state index contributed by atoms with van der Waals surface area (Å²) in [7, 11) is -7.97. The zero-order valence-corrected chi connectivity index (χ0v) is 15.8. The van der Waals surface area contributed by atoms with Gasteiger partial charge in [0.25, 0.3) is 20.2 Å². The van der Waals surface area contributed by atoms with Gasteiger partial charge in [0, 0.05) is 0 Å². The van der Waals surface area contributed by atoms with E-state index < -0.39 is 20.2 Å². The maximum absolute atomic E-state index is 10.9. The highest BCUT2D eigenvalue weighted by Gasteiger charge is 2.12. The Kier molecular flexibility index (Phi) is 6.94. The van der Waals surface area contributed by atoms with Crippen molar-refractivity contribution < 1.29 is 25.9 Å². The van der Waals surface area contributed by atoms with Gasteiger partial charge in [-0.05, 0) is 47.9 Å². The van der Waals surface area contributed by atoms with Crippen molar-refractivity contribution in [2.75, 3.05) is 11.5 Å². The topological polar surface area (TPSA) is 109 Å². The molecule has 0 aliphatic rings. The summed E-state index contributed by atoms with van der Waals surface area (Å²) in [4.78, 5) is 0. The van der Waals surface area contributed by atoms with Crippen molar-refractivity contribution in [2.24, 2.45) is 0 Å². The molecule has 0 saturated heterocycles. The van der Waals surface area contributed by atoms with Crippen molar-refractivity contribution in [2.45, 2.75) is 25.7 Å². The predicted octanol–water partition coefficient (Wildman–Crippen LogP) is 2.99. The highest BCUT2D eigenvalue weighted by atomic mass is 32.2. The van der Waals surface area contributed by atoms with E-state index in [1.165, 1.54) is 0 Å². The van der Waals surface area contributed by atoms with Crippen LogP contribution in [0.4, 0.5) is 0 Å². The van der Waals surface area contributed by atoms with Crippen LogP contribution in [0.15, 0.2) is 48.5 Å². The number of benzene rings is 2. The maximum atomic E-state index is 10.9. The second-order valence-electron chi connectivity index (χ2n) is 6.09. The fraction of sp³-hybridized carbons (Fsp3) is 0.333. The zero-order chi connectivity index (χ0) is 19.2. The Balaban J connectivity index is 2.23. The number of hydrogen-bond acceptors (Lipinski definition) is 4. The summed E-state index contributed by atoms with van der Waals surface area (Å²) in [5, 5.41) is 0. The van der Waals surface area contributed by atoms with E-state index >= 15 is 0 Å². The van der Waals surface area contributed by atoms with Gasteiger partial charge in [-0.25, -0.2) is 0 Å². The van der Waals surface area contributed by atoms with E-state index in [1.807, 2.05) is 48.5 Å². The van der Waals surface area contributed by atoms with Gasteiger partial charge in [0.2, 0.25) is 0 Å². The minimum Gasteiger partial charge on any atom is -0.286 e. The van der Waals surface area contributed by atoms with E-state index in [0.29, 0.717) is 25.7 Å². The van der Waals surface area contributed by atoms with Gasteiger partial charge < -0.3 is 0 Å². The van der Waals surface area contributed by atoms with E-state index in [9.17, 15) is 16.8 Å². The number of rotatable bonds is 9. The second-order valence-corrected chi connectivity index (χ2v) is 9.24. The van der Waals surface area contributed by atoms with Crippen LogP contribution in [-0.2, 0) is 33.1 Å². The van der Waals surface area contributed by atoms with Gasteiger partial charge >= 0.3 is 0 Å². The Morgan fingerprint density at radius 2 is 0.962 bits per heavy atom. The zero-order valence-electron chi connectivity index (χ0n) is 14.2. The third-order valence-electron chi connectivity index (χ3n) is 4.02. The average Bonchev–Trinajstić information content (AvgIpc) is 2.54. The van der Waals surface area contributed by atoms with Crippen LogP contribution >= 0.6 is 0 Å². The monoisotopic (exact) mass is 398 g/mol. The molecule has 142 valence electrons. The molecule has 0 bridgehead atoms. The molecule has 2 N–H and O–H groups in total. The van der Waals surface area contributed by atoms with Crippen molar-refractivity contribution >= 4 is 20.2 Å². The SMILES string of the molecule is O=S(=O)(O)CCCc1ccccc1-c1ccccc1CCCS(=O)(=O)O. The number of aryl methyl sites for hydroxylation is 2. The van der Waals surface area contributed by atoms with Crippen molar-refractivity contribution in [1.82, 2.24) is 0 Å². The molecule has 0 spiro atoms. The Morgan fingerprint density at radius 1 is 0.615 bits per heavy atom. The average molecular weight is 399 g/mol. The molecule has 2 rings (SSSR count). The predicted molar refractivity (Wildman–Crippen MR) is 101 cm³/mol. The first-order chi connectivity index (χ1) is 12.2. The lowest BCUT2D eigenvalue weighted by molar-refractivity contribution is 0.479. The van der Waals surface area contributed by atoms with E-state index in [1.54, 1.807) is 0 Å². The molecule has 0 atom stereocenters. The Labute approximate surface area is 154 Å². The molecule has 0 unspecified atom stereocenters. The fourth-order valence-electron chi connectivity index (χ4n) is 2.89. The third-order valence-corrected chi connectivity index (χ3v) is 5.63. The summed E-state index contributed by atoms with van der Waals surface area (Å²) in [5.41, 5.74) is 3.81. The quantitative estimate of drug-likeness (QED) is 0.629. The van der Waals surface area contributed by atoms with Crippen LogP contribution in [0, 0.1) is 0 Å². The molecular formula is C18H22O6S2. The highest BCUT2D eigenvalue weighted by molar-refractivity contribution is 7.86. The van der Waals surface area contributed by atoms with Crippen molar-refractivity contribution in [3.8, 4) is 11.1 Å². The highest BCUT2D eigenvalue weighted by Crippen LogP contribution is 2.29. The number of hydrogen-bond donors (Lipinski definition) is 2. The summed E-state index contributed by atoms with van der Waals surface area (Å²) < 4.78 is 61.4. The Bertz CT molecular complexity index is 870. The molecule has 0 heterocycles. The van der Waals surface area contributed by atoms with Gasteiger partial charge in [0.05, 0.1) is 11.5 Å². The van der Waals surface area contributed by atoms with Gasteiger partial charge in [-0.15, -0.1) is 0 Å². The van der Waals surface area contributed by atoms with E-state index in [0.717, 1.165) is 22.3 Å². The van der Waals surface area contributed by atoms with E-state index in [-0.39, 0.29) is 11.5 Å². The van der Waals surface area contributed by atoms with Crippen LogP contribution in [0.5, 0.6) is 0 Å². The molecule has 0 aliphatic heterocycles. The molecule has 0 aromatic heterocycles. The lowest BCUT2D eigenvalue weighted by Gasteiger charge is -2.14. The third kappa shape index (κ3) is 6.87. The largest absolute Gasteiger partial charge is 0.286 e. The van der Waals surface area contributed by atoms with E-state index in [2.05, 4.69) is 0 Å². The molecule has 26 heavy (non-hydrogen) atoms. The first kappa shape index (κ1) is 20.6. The second kappa shape index (κ2) is 8.77. The fourth-order valence-corrected chi connectivity index (χ4v) is 3.91. The lowest BCUT2D eigenvalue weighted by atomic mass is 9.92. The minimum absolute atomic E-state index is 0.294. The standard InChI is InChI=1S/C18H22O6S2/c19-25(20,21)13-5-9-15-7-1-3-11-17(15)18-12-4-2-8-16(18)10-6-14-26(22,23)24/h1-4,7-8,11-12H,5-6,9-10,13-14H2,(H,19,20,21)(H,22,23,24). The smallest absolute Gasteiger partial charge is 0.264 e. The van der Waals surface area contributed by atoms with Crippen LogP contribution in [-0.4, -0.2) is 37.4 Å². The minimum atomic E-state index is -3.99. The Hall–Kier alpha value is -1.74. The molecular weight excluding hydrogens is 376 g/mol. The maximum Gasteiger partial charge on any atom is 0.264 e. The summed E-state index contributed by atoms with van der Waals surface area (Å²) in [6, 6.07) is 15.2. The van der Waals surface area contributed by atoms with Crippen LogP contribution in [0.25, 0.3) is 11.1 Å². The van der Waals surface area contributed by atoms with Crippen LogP contribution < -0.4 is 0 Å². The molecule has 2 aromatic carbocycles. The molecule has 8 heteroatoms. The van der Waals surface area contributed by atoms with Crippen LogP contribution in [0.1, 0.15) is 24.0 Å². The Morgan fingerprint density at radius 3 is 1.31 bits per heavy atom. The molecule has 0 saturated carbocycles. The van der Waals surface area contributed by atoms with Crippen molar-refractivity contribution in [1.29, 1.82) is 0 Å².